The van der Waals surface area contributed by atoms with Crippen LogP contribution in [0.3, 0.4) is 0 Å². The van der Waals surface area contributed by atoms with Crippen LogP contribution in [0.2, 0.25) is 0 Å². The summed E-state index contributed by atoms with van der Waals surface area (Å²) in [5, 5.41) is 17.1. The number of hydrogen-bond acceptors (Lipinski definition) is 3. The van der Waals surface area contributed by atoms with Gasteiger partial charge in [0.15, 0.2) is 11.7 Å². The van der Waals surface area contributed by atoms with E-state index < -0.39 is 11.7 Å². The molecule has 0 unspecified atom stereocenters. The third kappa shape index (κ3) is 1.99. The Morgan fingerprint density at radius 3 is 2.36 bits per heavy atom. The van der Waals surface area contributed by atoms with E-state index in [1.54, 1.807) is 36.4 Å². The number of carbonyl (C=O) groups excluding carboxylic acids is 1. The minimum atomic E-state index is -1.23. The molecule has 0 spiro atoms. The van der Waals surface area contributed by atoms with E-state index in [2.05, 4.69) is 15.9 Å². The summed E-state index contributed by atoms with van der Waals surface area (Å²) in [6.45, 7) is 0. The third-order valence-electron chi connectivity index (χ3n) is 1.66. The zero-order chi connectivity index (χ0) is 10.6. The van der Waals surface area contributed by atoms with Gasteiger partial charge in [-0.3, -0.25) is 4.79 Å². The molecule has 0 heterocycles. The minimum Gasteiger partial charge on any atom is -0.291 e. The van der Waals surface area contributed by atoms with Crippen molar-refractivity contribution in [2.75, 3.05) is 0 Å². The van der Waals surface area contributed by atoms with Gasteiger partial charge in [-0.2, -0.15) is 10.5 Å². The molecule has 68 valence electrons. The number of nitrogens with zero attached hydrogens (tertiary/aromatic N) is 2. The molecular weight excluding hydrogens is 244 g/mol. The van der Waals surface area contributed by atoms with Crippen molar-refractivity contribution in [3.05, 3.63) is 34.3 Å². The highest BCUT2D eigenvalue weighted by molar-refractivity contribution is 9.10. The van der Waals surface area contributed by atoms with Crippen LogP contribution in [-0.2, 0) is 0 Å². The van der Waals surface area contributed by atoms with E-state index >= 15 is 0 Å². The van der Waals surface area contributed by atoms with Crippen molar-refractivity contribution in [2.45, 2.75) is 0 Å². The molecule has 3 nitrogen and oxygen atoms in total. The van der Waals surface area contributed by atoms with Crippen LogP contribution in [0.5, 0.6) is 0 Å². The molecule has 0 atom stereocenters. The van der Waals surface area contributed by atoms with Gasteiger partial charge in [0.1, 0.15) is 0 Å². The number of Topliss-reactive ketones (excluding diaryl/α,β-unsaturated/α-hetero) is 1. The van der Waals surface area contributed by atoms with E-state index in [1.807, 2.05) is 0 Å². The van der Waals surface area contributed by atoms with Gasteiger partial charge in [0, 0.05) is 10.0 Å². The maximum Gasteiger partial charge on any atom is 0.195 e. The third-order valence-corrected chi connectivity index (χ3v) is 2.35. The van der Waals surface area contributed by atoms with Crippen molar-refractivity contribution in [3.8, 4) is 12.1 Å². The summed E-state index contributed by atoms with van der Waals surface area (Å²) in [6, 6.07) is 10.0. The van der Waals surface area contributed by atoms with Gasteiger partial charge < -0.3 is 0 Å². The molecule has 1 aromatic rings. The van der Waals surface area contributed by atoms with Gasteiger partial charge in [-0.25, -0.2) is 0 Å². The Bertz CT molecular complexity index is 428. The van der Waals surface area contributed by atoms with E-state index in [0.29, 0.717) is 10.0 Å². The SMILES string of the molecule is N#CC(C#N)C(=O)c1ccccc1Br. The summed E-state index contributed by atoms with van der Waals surface area (Å²) in [7, 11) is 0. The van der Waals surface area contributed by atoms with E-state index in [-0.39, 0.29) is 0 Å². The predicted octanol–water partition coefficient (Wildman–Crippen LogP) is 2.30. The van der Waals surface area contributed by atoms with Crippen molar-refractivity contribution in [3.63, 3.8) is 0 Å². The van der Waals surface area contributed by atoms with Gasteiger partial charge in [-0.1, -0.05) is 34.1 Å². The molecule has 4 heteroatoms. The first kappa shape index (κ1) is 10.4. The molecule has 0 aliphatic heterocycles. The van der Waals surface area contributed by atoms with Gasteiger partial charge in [0.2, 0.25) is 0 Å². The minimum absolute atomic E-state index is 0.362. The first-order valence-electron chi connectivity index (χ1n) is 3.78. The van der Waals surface area contributed by atoms with E-state index in [0.717, 1.165) is 0 Å². The first-order chi connectivity index (χ1) is 6.70. The molecule has 0 aromatic heterocycles. The lowest BCUT2D eigenvalue weighted by molar-refractivity contribution is 0.0970. The Hall–Kier alpha value is -1.65. The number of halogens is 1. The molecule has 0 bridgehead atoms. The normalized spacial score (nSPS) is 9.14. The largest absolute Gasteiger partial charge is 0.291 e. The van der Waals surface area contributed by atoms with Gasteiger partial charge in [-0.05, 0) is 6.07 Å². The van der Waals surface area contributed by atoms with Crippen LogP contribution >= 0.6 is 15.9 Å². The summed E-state index contributed by atoms with van der Waals surface area (Å²) in [5.74, 6) is -1.70. The highest BCUT2D eigenvalue weighted by Crippen LogP contribution is 2.19. The average Bonchev–Trinajstić information content (AvgIpc) is 2.20. The number of ketones is 1. The number of hydrogen-bond donors (Lipinski definition) is 0. The van der Waals surface area contributed by atoms with Crippen molar-refractivity contribution < 1.29 is 4.79 Å². The number of rotatable bonds is 2. The van der Waals surface area contributed by atoms with E-state index in [1.165, 1.54) is 0 Å². The second-order valence-corrected chi connectivity index (χ2v) is 3.39. The summed E-state index contributed by atoms with van der Waals surface area (Å²) < 4.78 is 0.598. The smallest absolute Gasteiger partial charge is 0.195 e. The maximum absolute atomic E-state index is 11.6. The van der Waals surface area contributed by atoms with Crippen LogP contribution in [0.15, 0.2) is 28.7 Å². The van der Waals surface area contributed by atoms with Gasteiger partial charge in [-0.15, -0.1) is 0 Å². The van der Waals surface area contributed by atoms with Crippen molar-refractivity contribution in [2.24, 2.45) is 5.92 Å². The zero-order valence-corrected chi connectivity index (χ0v) is 8.65. The summed E-state index contributed by atoms with van der Waals surface area (Å²) in [4.78, 5) is 11.6. The summed E-state index contributed by atoms with van der Waals surface area (Å²) >= 11 is 3.18. The Kier molecular flexibility index (Phi) is 3.39. The number of nitriles is 2. The van der Waals surface area contributed by atoms with Crippen LogP contribution < -0.4 is 0 Å². The fourth-order valence-electron chi connectivity index (χ4n) is 0.963. The highest BCUT2D eigenvalue weighted by atomic mass is 79.9. The summed E-state index contributed by atoms with van der Waals surface area (Å²) in [5.41, 5.74) is 0.362. The lowest BCUT2D eigenvalue weighted by atomic mass is 10.0. The monoisotopic (exact) mass is 248 g/mol. The maximum atomic E-state index is 11.6. The molecule has 14 heavy (non-hydrogen) atoms. The molecule has 0 fully saturated rings. The molecular formula is C10H5BrN2O. The average molecular weight is 249 g/mol. The lowest BCUT2D eigenvalue weighted by Gasteiger charge is -2.01. The number of benzene rings is 1. The van der Waals surface area contributed by atoms with Gasteiger partial charge >= 0.3 is 0 Å². The van der Waals surface area contributed by atoms with Crippen LogP contribution in [0.1, 0.15) is 10.4 Å². The van der Waals surface area contributed by atoms with E-state index in [4.69, 9.17) is 10.5 Å². The van der Waals surface area contributed by atoms with Crippen LogP contribution in [0.25, 0.3) is 0 Å². The van der Waals surface area contributed by atoms with E-state index in [9.17, 15) is 4.79 Å². The predicted molar refractivity (Wildman–Crippen MR) is 53.2 cm³/mol. The van der Waals surface area contributed by atoms with Crippen LogP contribution in [0, 0.1) is 28.6 Å². The molecule has 0 aliphatic rings. The zero-order valence-electron chi connectivity index (χ0n) is 7.07. The second-order valence-electron chi connectivity index (χ2n) is 2.54. The Morgan fingerprint density at radius 2 is 1.86 bits per heavy atom. The van der Waals surface area contributed by atoms with Crippen molar-refractivity contribution in [1.82, 2.24) is 0 Å². The molecule has 0 aliphatic carbocycles. The summed E-state index contributed by atoms with van der Waals surface area (Å²) in [6.07, 6.45) is 0. The molecule has 0 radical (unpaired) electrons. The Morgan fingerprint density at radius 1 is 1.29 bits per heavy atom. The lowest BCUT2D eigenvalue weighted by Crippen LogP contribution is -2.11. The standard InChI is InChI=1S/C10H5BrN2O/c11-9-4-2-1-3-8(9)10(14)7(5-12)6-13/h1-4,7H. The Labute approximate surface area is 89.7 Å². The fourth-order valence-corrected chi connectivity index (χ4v) is 1.44. The van der Waals surface area contributed by atoms with Gasteiger partial charge in [0.05, 0.1) is 12.1 Å². The molecule has 0 amide bonds. The van der Waals surface area contributed by atoms with Crippen LogP contribution in [-0.4, -0.2) is 5.78 Å². The van der Waals surface area contributed by atoms with Crippen LogP contribution in [0.4, 0.5) is 0 Å². The van der Waals surface area contributed by atoms with Crippen molar-refractivity contribution >= 4 is 21.7 Å². The molecule has 0 saturated carbocycles. The van der Waals surface area contributed by atoms with Crippen molar-refractivity contribution in [1.29, 1.82) is 10.5 Å². The first-order valence-corrected chi connectivity index (χ1v) is 4.58. The number of carbonyl (C=O) groups is 1. The molecule has 0 N–H and O–H groups in total. The highest BCUT2D eigenvalue weighted by Gasteiger charge is 2.20. The quantitative estimate of drug-likeness (QED) is 0.755. The molecule has 1 aromatic carbocycles. The molecule has 0 saturated heterocycles. The van der Waals surface area contributed by atoms with Gasteiger partial charge in [0.25, 0.3) is 0 Å². The molecule has 1 rings (SSSR count). The Balaban J connectivity index is 3.09. The fraction of sp³-hybridized carbons (Fsp3) is 0.100. The second kappa shape index (κ2) is 4.55. The topological polar surface area (TPSA) is 64.7 Å².